The van der Waals surface area contributed by atoms with Crippen LogP contribution in [0.5, 0.6) is 0 Å². The average molecular weight is 525 g/mol. The van der Waals surface area contributed by atoms with Crippen molar-refractivity contribution in [1.29, 1.82) is 5.41 Å². The largest absolute Gasteiger partial charge is 0.444 e. The van der Waals surface area contributed by atoms with Gasteiger partial charge in [-0.3, -0.25) is 4.79 Å². The molecule has 10 nitrogen and oxygen atoms in total. The molecule has 2 amide bonds. The first-order valence-electron chi connectivity index (χ1n) is 13.0. The second kappa shape index (κ2) is 22.5. The van der Waals surface area contributed by atoms with Gasteiger partial charge in [-0.15, -0.1) is 0 Å². The molecule has 37 heavy (non-hydrogen) atoms. The van der Waals surface area contributed by atoms with Gasteiger partial charge in [0.05, 0.1) is 26.4 Å². The SMILES string of the molecule is C=C/C(C=N)=C(\C=C\NCCCOCCOCCOCCCNC(=O)OC(C)(C)C)C(=O)NCCCC. The minimum Gasteiger partial charge on any atom is -0.444 e. The van der Waals surface area contributed by atoms with E-state index in [-0.39, 0.29) is 5.91 Å². The molecule has 0 bridgehead atoms. The molecule has 212 valence electrons. The summed E-state index contributed by atoms with van der Waals surface area (Å²) in [5, 5.41) is 16.2. The maximum atomic E-state index is 12.4. The van der Waals surface area contributed by atoms with Gasteiger partial charge < -0.3 is 40.3 Å². The normalized spacial score (nSPS) is 12.1. The molecule has 0 radical (unpaired) electrons. The van der Waals surface area contributed by atoms with Crippen LogP contribution in [0.3, 0.4) is 0 Å². The van der Waals surface area contributed by atoms with E-state index in [0.29, 0.717) is 76.8 Å². The van der Waals surface area contributed by atoms with Crippen molar-refractivity contribution in [3.8, 4) is 0 Å². The minimum absolute atomic E-state index is 0.214. The van der Waals surface area contributed by atoms with E-state index in [1.54, 1.807) is 12.3 Å². The lowest BCUT2D eigenvalue weighted by Crippen LogP contribution is -2.33. The lowest BCUT2D eigenvalue weighted by molar-refractivity contribution is -0.117. The van der Waals surface area contributed by atoms with Gasteiger partial charge in [0.1, 0.15) is 5.60 Å². The predicted octanol–water partition coefficient (Wildman–Crippen LogP) is 3.49. The fourth-order valence-electron chi connectivity index (χ4n) is 2.75. The molecule has 0 spiro atoms. The molecular weight excluding hydrogens is 476 g/mol. The Labute approximate surface area is 222 Å². The van der Waals surface area contributed by atoms with Crippen LogP contribution in [0, 0.1) is 5.41 Å². The topological polar surface area (TPSA) is 131 Å². The van der Waals surface area contributed by atoms with Gasteiger partial charge in [-0.25, -0.2) is 4.79 Å². The summed E-state index contributed by atoms with van der Waals surface area (Å²) < 4.78 is 21.6. The number of alkyl carbamates (subject to hydrolysis) is 1. The molecule has 0 rings (SSSR count). The lowest BCUT2D eigenvalue weighted by Gasteiger charge is -2.19. The molecule has 0 saturated carbocycles. The van der Waals surface area contributed by atoms with Gasteiger partial charge in [0, 0.05) is 50.2 Å². The number of nitrogens with one attached hydrogen (secondary N) is 4. The molecule has 0 aliphatic heterocycles. The third-order valence-corrected chi connectivity index (χ3v) is 4.60. The first-order valence-corrected chi connectivity index (χ1v) is 13.0. The second-order valence-electron chi connectivity index (χ2n) is 9.09. The molecule has 0 aromatic carbocycles. The Morgan fingerprint density at radius 2 is 1.43 bits per heavy atom. The molecule has 0 unspecified atom stereocenters. The molecule has 0 atom stereocenters. The quantitative estimate of drug-likeness (QED) is 0.0738. The molecule has 0 fully saturated rings. The number of carbonyl (C=O) groups excluding carboxylic acids is 2. The molecule has 4 N–H and O–H groups in total. The van der Waals surface area contributed by atoms with Crippen molar-refractivity contribution in [2.75, 3.05) is 59.3 Å². The summed E-state index contributed by atoms with van der Waals surface area (Å²) in [7, 11) is 0. The third-order valence-electron chi connectivity index (χ3n) is 4.60. The third kappa shape index (κ3) is 21.1. The smallest absolute Gasteiger partial charge is 0.407 e. The fraction of sp³-hybridized carbons (Fsp3) is 0.667. The first-order chi connectivity index (χ1) is 17.7. The zero-order valence-corrected chi connectivity index (χ0v) is 23.2. The van der Waals surface area contributed by atoms with Crippen LogP contribution in [-0.4, -0.2) is 83.1 Å². The highest BCUT2D eigenvalue weighted by molar-refractivity contribution is 6.03. The van der Waals surface area contributed by atoms with E-state index in [0.717, 1.165) is 25.5 Å². The van der Waals surface area contributed by atoms with Gasteiger partial charge in [0.25, 0.3) is 5.91 Å². The van der Waals surface area contributed by atoms with E-state index in [9.17, 15) is 9.59 Å². The molecule has 0 aliphatic rings. The van der Waals surface area contributed by atoms with Crippen LogP contribution in [0.4, 0.5) is 4.79 Å². The summed E-state index contributed by atoms with van der Waals surface area (Å²) >= 11 is 0. The summed E-state index contributed by atoms with van der Waals surface area (Å²) in [6.07, 6.45) is 8.98. The van der Waals surface area contributed by atoms with Gasteiger partial charge in [0.15, 0.2) is 0 Å². The first kappa shape index (κ1) is 34.3. The van der Waals surface area contributed by atoms with Crippen LogP contribution in [0.2, 0.25) is 0 Å². The van der Waals surface area contributed by atoms with Crippen LogP contribution in [0.1, 0.15) is 53.4 Å². The average Bonchev–Trinajstić information content (AvgIpc) is 2.84. The van der Waals surface area contributed by atoms with Crippen molar-refractivity contribution in [2.24, 2.45) is 0 Å². The Kier molecular flexibility index (Phi) is 20.9. The van der Waals surface area contributed by atoms with Crippen LogP contribution in [0.15, 0.2) is 36.1 Å². The molecule has 0 aromatic rings. The highest BCUT2D eigenvalue weighted by Crippen LogP contribution is 2.07. The van der Waals surface area contributed by atoms with E-state index in [1.165, 1.54) is 6.08 Å². The van der Waals surface area contributed by atoms with Gasteiger partial charge in [0.2, 0.25) is 0 Å². The highest BCUT2D eigenvalue weighted by atomic mass is 16.6. The van der Waals surface area contributed by atoms with Crippen LogP contribution in [-0.2, 0) is 23.7 Å². The van der Waals surface area contributed by atoms with Crippen molar-refractivity contribution in [2.45, 2.75) is 59.0 Å². The number of carbonyl (C=O) groups is 2. The monoisotopic (exact) mass is 524 g/mol. The maximum Gasteiger partial charge on any atom is 0.407 e. The van der Waals surface area contributed by atoms with Crippen LogP contribution >= 0.6 is 0 Å². The number of unbranched alkanes of at least 4 members (excludes halogenated alkanes) is 1. The van der Waals surface area contributed by atoms with Crippen molar-refractivity contribution >= 4 is 18.2 Å². The Balaban J connectivity index is 3.74. The summed E-state index contributed by atoms with van der Waals surface area (Å²) in [5.74, 6) is -0.214. The summed E-state index contributed by atoms with van der Waals surface area (Å²) in [6, 6.07) is 0. The zero-order chi connectivity index (χ0) is 27.8. The lowest BCUT2D eigenvalue weighted by atomic mass is 10.1. The highest BCUT2D eigenvalue weighted by Gasteiger charge is 2.15. The Hall–Kier alpha value is -2.69. The number of ether oxygens (including phenoxy) is 4. The summed E-state index contributed by atoms with van der Waals surface area (Å²) in [6.45, 7) is 16.1. The minimum atomic E-state index is -0.496. The van der Waals surface area contributed by atoms with Crippen molar-refractivity contribution in [1.82, 2.24) is 16.0 Å². The van der Waals surface area contributed by atoms with Gasteiger partial charge >= 0.3 is 6.09 Å². The standard InChI is InChI=1S/C27H48N4O6/c1-6-8-13-30-25(32)24(23(7-2)22-28)11-15-29-12-9-16-34-18-20-36-21-19-35-17-10-14-31-26(33)37-27(3,4)5/h7,11,15,22,28-29H,2,6,8-10,12-14,16-21H2,1,3-5H3,(H,30,32)(H,31,33)/b15-11+,24-23-,28-22?. The van der Waals surface area contributed by atoms with E-state index >= 15 is 0 Å². The van der Waals surface area contributed by atoms with Crippen LogP contribution in [0.25, 0.3) is 0 Å². The van der Waals surface area contributed by atoms with E-state index in [1.807, 2.05) is 20.8 Å². The number of hydrogen-bond donors (Lipinski definition) is 4. The molecule has 0 saturated heterocycles. The predicted molar refractivity (Wildman–Crippen MR) is 147 cm³/mol. The van der Waals surface area contributed by atoms with Crippen molar-refractivity contribution in [3.05, 3.63) is 36.1 Å². The number of amides is 2. The van der Waals surface area contributed by atoms with E-state index < -0.39 is 11.7 Å². The fourth-order valence-corrected chi connectivity index (χ4v) is 2.75. The van der Waals surface area contributed by atoms with Crippen molar-refractivity contribution < 1.29 is 28.5 Å². The summed E-state index contributed by atoms with van der Waals surface area (Å²) in [5.41, 5.74) is 0.378. The molecule has 10 heteroatoms. The second-order valence-corrected chi connectivity index (χ2v) is 9.09. The molecule has 0 heterocycles. The Morgan fingerprint density at radius 1 is 0.865 bits per heavy atom. The number of allylic oxidation sites excluding steroid dienone is 2. The van der Waals surface area contributed by atoms with Gasteiger partial charge in [-0.2, -0.15) is 0 Å². The Bertz CT molecular complexity index is 706. The van der Waals surface area contributed by atoms with E-state index in [4.69, 9.17) is 24.4 Å². The maximum absolute atomic E-state index is 12.4. The Morgan fingerprint density at radius 3 is 1.97 bits per heavy atom. The molecule has 0 aliphatic carbocycles. The van der Waals surface area contributed by atoms with E-state index in [2.05, 4.69) is 29.5 Å². The molecular formula is C27H48N4O6. The van der Waals surface area contributed by atoms with Crippen LogP contribution < -0.4 is 16.0 Å². The summed E-state index contributed by atoms with van der Waals surface area (Å²) in [4.78, 5) is 23.9. The number of rotatable bonds is 22. The van der Waals surface area contributed by atoms with Gasteiger partial charge in [-0.1, -0.05) is 26.0 Å². The number of hydrogen-bond acceptors (Lipinski definition) is 8. The van der Waals surface area contributed by atoms with Crippen molar-refractivity contribution in [3.63, 3.8) is 0 Å². The molecule has 0 aromatic heterocycles. The van der Waals surface area contributed by atoms with Gasteiger partial charge in [-0.05, 0) is 52.3 Å². The zero-order valence-electron chi connectivity index (χ0n) is 23.2.